The summed E-state index contributed by atoms with van der Waals surface area (Å²) in [6.45, 7) is 7.70. The molecular formula is C28H27ClN2O4. The number of ketones is 1. The molecule has 180 valence electrons. The highest BCUT2D eigenvalue weighted by Crippen LogP contribution is 2.44. The second kappa shape index (κ2) is 9.55. The smallest absolute Gasteiger partial charge is 0.300 e. The van der Waals surface area contributed by atoms with Gasteiger partial charge in [-0.05, 0) is 72.9 Å². The van der Waals surface area contributed by atoms with Crippen LogP contribution in [-0.4, -0.2) is 28.9 Å². The van der Waals surface area contributed by atoms with Crippen molar-refractivity contribution in [3.63, 3.8) is 0 Å². The van der Waals surface area contributed by atoms with Crippen molar-refractivity contribution < 1.29 is 19.4 Å². The third-order valence-electron chi connectivity index (χ3n) is 6.30. The molecule has 0 aliphatic carbocycles. The standard InChI is InChI=1S/C28H27ClN2O4/c1-15(2)19-14-20(17(4)12-23(19)35-5)26(32)24-25(21-8-6-7-11-30-21)31(28(34)27(24)33)22-13-18(29)10-9-16(22)3/h6-15,25,32H,1-5H3/b26-24+. The number of aryl methyl sites for hydroxylation is 2. The maximum absolute atomic E-state index is 13.4. The predicted octanol–water partition coefficient (Wildman–Crippen LogP) is 6.11. The van der Waals surface area contributed by atoms with E-state index in [9.17, 15) is 14.7 Å². The number of carbonyl (C=O) groups excluding carboxylic acids is 2. The molecule has 2 aromatic carbocycles. The van der Waals surface area contributed by atoms with E-state index >= 15 is 0 Å². The number of hydrogen-bond acceptors (Lipinski definition) is 5. The van der Waals surface area contributed by atoms with Gasteiger partial charge in [0.2, 0.25) is 0 Å². The molecule has 1 fully saturated rings. The van der Waals surface area contributed by atoms with Crippen LogP contribution >= 0.6 is 11.6 Å². The lowest BCUT2D eigenvalue weighted by Gasteiger charge is -2.26. The van der Waals surface area contributed by atoms with Crippen LogP contribution in [0.2, 0.25) is 5.02 Å². The molecule has 1 aliphatic rings. The molecule has 35 heavy (non-hydrogen) atoms. The molecule has 7 heteroatoms. The van der Waals surface area contributed by atoms with Crippen LogP contribution in [-0.2, 0) is 9.59 Å². The molecule has 0 radical (unpaired) electrons. The fourth-order valence-electron chi connectivity index (χ4n) is 4.47. The van der Waals surface area contributed by atoms with E-state index < -0.39 is 17.7 Å². The average Bonchev–Trinajstić information content (AvgIpc) is 3.10. The molecular weight excluding hydrogens is 464 g/mol. The first kappa shape index (κ1) is 24.5. The van der Waals surface area contributed by atoms with Crippen LogP contribution in [0, 0.1) is 13.8 Å². The van der Waals surface area contributed by atoms with Crippen LogP contribution in [0.5, 0.6) is 5.75 Å². The van der Waals surface area contributed by atoms with Crippen molar-refractivity contribution in [2.24, 2.45) is 0 Å². The van der Waals surface area contributed by atoms with Gasteiger partial charge in [0.1, 0.15) is 17.6 Å². The lowest BCUT2D eigenvalue weighted by Crippen LogP contribution is -2.30. The number of Topliss-reactive ketones (excluding diaryl/α,β-unsaturated/α-hetero) is 1. The molecule has 3 aromatic rings. The first-order valence-electron chi connectivity index (χ1n) is 11.3. The Labute approximate surface area is 209 Å². The Bertz CT molecular complexity index is 1350. The number of nitrogens with zero attached hydrogens (tertiary/aromatic N) is 2. The van der Waals surface area contributed by atoms with Gasteiger partial charge in [-0.15, -0.1) is 0 Å². The van der Waals surface area contributed by atoms with Crippen molar-refractivity contribution in [3.8, 4) is 5.75 Å². The second-order valence-corrected chi connectivity index (χ2v) is 9.35. The van der Waals surface area contributed by atoms with Gasteiger partial charge in [-0.25, -0.2) is 0 Å². The number of aromatic nitrogens is 1. The first-order chi connectivity index (χ1) is 16.6. The summed E-state index contributed by atoms with van der Waals surface area (Å²) in [4.78, 5) is 32.7. The highest BCUT2D eigenvalue weighted by molar-refractivity contribution is 6.52. The zero-order valence-corrected chi connectivity index (χ0v) is 21.1. The summed E-state index contributed by atoms with van der Waals surface area (Å²) in [5.41, 5.74) is 3.77. The van der Waals surface area contributed by atoms with Gasteiger partial charge in [0.25, 0.3) is 11.7 Å². The fraction of sp³-hybridized carbons (Fsp3) is 0.250. The minimum absolute atomic E-state index is 0.0175. The van der Waals surface area contributed by atoms with E-state index in [1.807, 2.05) is 39.8 Å². The Kier molecular flexibility index (Phi) is 6.68. The third-order valence-corrected chi connectivity index (χ3v) is 6.53. The summed E-state index contributed by atoms with van der Waals surface area (Å²) in [7, 11) is 1.60. The summed E-state index contributed by atoms with van der Waals surface area (Å²) in [6, 6.07) is 13.2. The molecule has 1 unspecified atom stereocenters. The van der Waals surface area contributed by atoms with E-state index in [0.717, 1.165) is 11.1 Å². The second-order valence-electron chi connectivity index (χ2n) is 8.92. The van der Waals surface area contributed by atoms with E-state index in [-0.39, 0.29) is 17.3 Å². The van der Waals surface area contributed by atoms with E-state index in [2.05, 4.69) is 4.98 Å². The van der Waals surface area contributed by atoms with Crippen molar-refractivity contribution in [1.82, 2.24) is 4.98 Å². The zero-order chi connectivity index (χ0) is 25.4. The molecule has 0 spiro atoms. The molecule has 0 saturated carbocycles. The SMILES string of the molecule is COc1cc(C)c(/C(O)=C2\C(=O)C(=O)N(c3cc(Cl)ccc3C)C2c2ccccn2)cc1C(C)C. The van der Waals surface area contributed by atoms with Gasteiger partial charge in [0.15, 0.2) is 0 Å². The fourth-order valence-corrected chi connectivity index (χ4v) is 4.63. The minimum Gasteiger partial charge on any atom is -0.507 e. The molecule has 1 aliphatic heterocycles. The van der Waals surface area contributed by atoms with E-state index in [1.165, 1.54) is 4.90 Å². The highest BCUT2D eigenvalue weighted by atomic mass is 35.5. The van der Waals surface area contributed by atoms with Crippen LogP contribution in [0.3, 0.4) is 0 Å². The number of methoxy groups -OCH3 is 1. The van der Waals surface area contributed by atoms with Gasteiger partial charge in [-0.2, -0.15) is 0 Å². The van der Waals surface area contributed by atoms with Crippen LogP contribution in [0.1, 0.15) is 53.8 Å². The molecule has 1 amide bonds. The van der Waals surface area contributed by atoms with Gasteiger partial charge in [-0.3, -0.25) is 19.5 Å². The van der Waals surface area contributed by atoms with E-state index in [0.29, 0.717) is 33.3 Å². The Hall–Kier alpha value is -3.64. The van der Waals surface area contributed by atoms with Gasteiger partial charge in [-0.1, -0.05) is 37.6 Å². The summed E-state index contributed by atoms with van der Waals surface area (Å²) >= 11 is 6.25. The average molecular weight is 491 g/mol. The Balaban J connectivity index is 2.00. The molecule has 4 rings (SSSR count). The van der Waals surface area contributed by atoms with Gasteiger partial charge in [0, 0.05) is 22.5 Å². The van der Waals surface area contributed by atoms with Crippen molar-refractivity contribution in [3.05, 3.63) is 93.3 Å². The summed E-state index contributed by atoms with van der Waals surface area (Å²) < 4.78 is 5.53. The summed E-state index contributed by atoms with van der Waals surface area (Å²) in [5, 5.41) is 12.0. The Morgan fingerprint density at radius 1 is 1.09 bits per heavy atom. The number of carbonyl (C=O) groups is 2. The molecule has 2 heterocycles. The number of ether oxygens (including phenoxy) is 1. The largest absolute Gasteiger partial charge is 0.507 e. The quantitative estimate of drug-likeness (QED) is 0.265. The maximum atomic E-state index is 13.4. The van der Waals surface area contributed by atoms with Crippen molar-refractivity contribution >= 4 is 34.7 Å². The summed E-state index contributed by atoms with van der Waals surface area (Å²) in [5.74, 6) is -0.963. The topological polar surface area (TPSA) is 79.7 Å². The van der Waals surface area contributed by atoms with Crippen LogP contribution in [0.15, 0.2) is 60.3 Å². The number of anilines is 1. The number of hydrogen-bond donors (Lipinski definition) is 1. The van der Waals surface area contributed by atoms with Crippen molar-refractivity contribution in [2.45, 2.75) is 39.7 Å². The third kappa shape index (κ3) is 4.30. The molecule has 1 N–H and O–H groups in total. The summed E-state index contributed by atoms with van der Waals surface area (Å²) in [6.07, 6.45) is 1.59. The predicted molar refractivity (Wildman–Crippen MR) is 137 cm³/mol. The molecule has 1 aromatic heterocycles. The van der Waals surface area contributed by atoms with Crippen LogP contribution in [0.25, 0.3) is 5.76 Å². The number of aliphatic hydroxyl groups excluding tert-OH is 1. The van der Waals surface area contributed by atoms with Gasteiger partial charge >= 0.3 is 0 Å². The number of benzene rings is 2. The highest BCUT2D eigenvalue weighted by Gasteiger charge is 2.48. The maximum Gasteiger partial charge on any atom is 0.300 e. The molecule has 1 saturated heterocycles. The van der Waals surface area contributed by atoms with Crippen LogP contribution in [0.4, 0.5) is 5.69 Å². The van der Waals surface area contributed by atoms with Crippen molar-refractivity contribution in [2.75, 3.05) is 12.0 Å². The normalized spacial score (nSPS) is 17.3. The molecule has 0 bridgehead atoms. The lowest BCUT2D eigenvalue weighted by atomic mass is 9.92. The molecule has 6 nitrogen and oxygen atoms in total. The van der Waals surface area contributed by atoms with Crippen molar-refractivity contribution in [1.29, 1.82) is 0 Å². The Morgan fingerprint density at radius 3 is 2.46 bits per heavy atom. The number of rotatable bonds is 5. The first-order valence-corrected chi connectivity index (χ1v) is 11.7. The monoisotopic (exact) mass is 490 g/mol. The number of halogens is 1. The van der Waals surface area contributed by atoms with E-state index in [1.54, 1.807) is 49.7 Å². The lowest BCUT2D eigenvalue weighted by molar-refractivity contribution is -0.132. The van der Waals surface area contributed by atoms with Crippen LogP contribution < -0.4 is 9.64 Å². The Morgan fingerprint density at radius 2 is 1.83 bits per heavy atom. The minimum atomic E-state index is -0.919. The van der Waals surface area contributed by atoms with Gasteiger partial charge < -0.3 is 9.84 Å². The zero-order valence-electron chi connectivity index (χ0n) is 20.3. The number of amides is 1. The molecule has 1 atom stereocenters. The van der Waals surface area contributed by atoms with Gasteiger partial charge in [0.05, 0.1) is 18.4 Å². The number of aliphatic hydroxyl groups is 1. The number of pyridine rings is 1. The van der Waals surface area contributed by atoms with E-state index in [4.69, 9.17) is 16.3 Å².